The van der Waals surface area contributed by atoms with Crippen LogP contribution in [0, 0.1) is 11.6 Å². The van der Waals surface area contributed by atoms with Gasteiger partial charge in [-0.3, -0.25) is 19.6 Å². The molecule has 2 aromatic carbocycles. The second-order valence-electron chi connectivity index (χ2n) is 27.8. The second-order valence-corrected chi connectivity index (χ2v) is 29.8. The van der Waals surface area contributed by atoms with Crippen molar-refractivity contribution >= 4 is 34.1 Å². The number of nitrogens with one attached hydrogen (secondary N) is 1. The summed E-state index contributed by atoms with van der Waals surface area (Å²) < 4.78 is 90.9. The summed E-state index contributed by atoms with van der Waals surface area (Å²) in [5, 5.41) is 3.56. The normalized spacial score (nSPS) is 22.3. The highest BCUT2D eigenvalue weighted by Crippen LogP contribution is 2.45. The van der Waals surface area contributed by atoms with Gasteiger partial charge in [-0.05, 0) is 139 Å². The lowest BCUT2D eigenvalue weighted by Gasteiger charge is -2.40. The first kappa shape index (κ1) is 66.3. The summed E-state index contributed by atoms with van der Waals surface area (Å²) in [6.07, 6.45) is 9.13. The van der Waals surface area contributed by atoms with Gasteiger partial charge in [-0.25, -0.2) is 17.2 Å². The number of hydrogen-bond donors (Lipinski definition) is 1. The standard InChI is InChI=1S/C34H47FN2O6S.C33H45FN2O4/c1-21(2)30-26(16-15-24-17-25(42-34(8,9)41-24)18-28(38)43-32(3,4)5)29(22-11-13-23(35)14-12-22)27-19-37(44(10,39)40)20-33(6,7)31(27)36-30;1-20(2)29-25(15-14-23-16-24(39-33(8,9)38-23)17-27(37)40-31(3,4)5)28(21-10-12-22(34)13-11-21)26-18-35-19-32(6,7)30(26)36-29/h11-16,21,24-25H,17-20H2,1-10H3;10-15,20,23-24,35H,16-19H2,1-9H3/b16-15+;15-14+/t24-,25-;23-,24-/m11/s1. The zero-order chi connectivity index (χ0) is 62.3. The monoisotopic (exact) mass is 1180 g/mol. The van der Waals surface area contributed by atoms with Gasteiger partial charge >= 0.3 is 11.9 Å². The van der Waals surface area contributed by atoms with Crippen LogP contribution < -0.4 is 5.32 Å². The Morgan fingerprint density at radius 2 is 1.05 bits per heavy atom. The van der Waals surface area contributed by atoms with Crippen molar-refractivity contribution in [3.63, 3.8) is 0 Å². The first-order valence-corrected chi connectivity index (χ1v) is 31.4. The minimum absolute atomic E-state index is 0.0369. The molecule has 1 N–H and O–H groups in total. The van der Waals surface area contributed by atoms with E-state index in [9.17, 15) is 26.8 Å². The average molecular weight is 1180 g/mol. The fourth-order valence-corrected chi connectivity index (χ4v) is 12.7. The number of aromatic nitrogens is 2. The van der Waals surface area contributed by atoms with E-state index in [2.05, 4.69) is 59.0 Å². The van der Waals surface area contributed by atoms with Crippen molar-refractivity contribution in [2.45, 2.75) is 233 Å². The van der Waals surface area contributed by atoms with Crippen LogP contribution in [0.2, 0.25) is 0 Å². The van der Waals surface area contributed by atoms with Crippen LogP contribution in [0.5, 0.6) is 0 Å². The fraction of sp³-hybridized carbons (Fsp3) is 0.582. The molecular weight excluding hydrogens is 1090 g/mol. The molecule has 0 aliphatic carbocycles. The van der Waals surface area contributed by atoms with E-state index < -0.39 is 44.3 Å². The minimum Gasteiger partial charge on any atom is -0.460 e. The third kappa shape index (κ3) is 17.0. The molecule has 4 aliphatic rings. The molecule has 17 heteroatoms. The second kappa shape index (κ2) is 25.2. The van der Waals surface area contributed by atoms with Crippen molar-refractivity contribution in [2.75, 3.05) is 19.3 Å². The topological polar surface area (TPSA) is 165 Å². The highest BCUT2D eigenvalue weighted by atomic mass is 32.2. The van der Waals surface area contributed by atoms with Gasteiger partial charge in [0.25, 0.3) is 0 Å². The molecule has 6 heterocycles. The first-order chi connectivity index (χ1) is 38.7. The molecule has 0 amide bonds. The molecule has 0 bridgehead atoms. The molecule has 84 heavy (non-hydrogen) atoms. The van der Waals surface area contributed by atoms with Crippen LogP contribution in [0.4, 0.5) is 8.78 Å². The third-order valence-corrected chi connectivity index (χ3v) is 16.2. The smallest absolute Gasteiger partial charge is 0.308 e. The summed E-state index contributed by atoms with van der Waals surface area (Å²) in [5.41, 5.74) is 9.36. The highest BCUT2D eigenvalue weighted by molar-refractivity contribution is 7.88. The van der Waals surface area contributed by atoms with Gasteiger partial charge < -0.3 is 33.7 Å². The lowest BCUT2D eigenvalue weighted by Crippen LogP contribution is -2.45. The van der Waals surface area contributed by atoms with Crippen LogP contribution in [-0.4, -0.2) is 101 Å². The molecule has 4 atom stereocenters. The van der Waals surface area contributed by atoms with Crippen LogP contribution in [0.25, 0.3) is 34.4 Å². The van der Waals surface area contributed by atoms with Crippen molar-refractivity contribution < 1.29 is 55.2 Å². The maximum absolute atomic E-state index is 14.1. The maximum atomic E-state index is 14.1. The van der Waals surface area contributed by atoms with Crippen LogP contribution >= 0.6 is 0 Å². The number of hydrogen-bond acceptors (Lipinski definition) is 13. The molecule has 2 aromatic heterocycles. The van der Waals surface area contributed by atoms with Gasteiger partial charge in [0.2, 0.25) is 10.0 Å². The Morgan fingerprint density at radius 1 is 0.655 bits per heavy atom. The van der Waals surface area contributed by atoms with E-state index in [1.165, 1.54) is 34.8 Å². The number of sulfonamides is 1. The predicted octanol–water partition coefficient (Wildman–Crippen LogP) is 13.8. The van der Waals surface area contributed by atoms with E-state index in [1.54, 1.807) is 12.1 Å². The molecule has 4 aromatic rings. The number of pyridine rings is 2. The first-order valence-electron chi connectivity index (χ1n) is 29.5. The quantitative estimate of drug-likeness (QED) is 0.126. The Hall–Kier alpha value is -5.27. The van der Waals surface area contributed by atoms with E-state index >= 15 is 0 Å². The Morgan fingerprint density at radius 3 is 1.43 bits per heavy atom. The molecule has 0 unspecified atom stereocenters. The lowest BCUT2D eigenvalue weighted by atomic mass is 9.78. The highest BCUT2D eigenvalue weighted by Gasteiger charge is 2.42. The van der Waals surface area contributed by atoms with Gasteiger partial charge in [-0.1, -0.05) is 104 Å². The lowest BCUT2D eigenvalue weighted by molar-refractivity contribution is -0.291. The Bertz CT molecular complexity index is 3210. The summed E-state index contributed by atoms with van der Waals surface area (Å²) in [5.74, 6) is -2.83. The number of fused-ring (bicyclic) bond motifs is 2. The number of carbonyl (C=O) groups is 2. The van der Waals surface area contributed by atoms with Gasteiger partial charge in [-0.2, -0.15) is 4.31 Å². The summed E-state index contributed by atoms with van der Waals surface area (Å²) >= 11 is 0. The molecule has 0 radical (unpaired) electrons. The molecule has 0 saturated carbocycles. The fourth-order valence-electron chi connectivity index (χ4n) is 11.8. The Kier molecular flexibility index (Phi) is 19.9. The van der Waals surface area contributed by atoms with Crippen molar-refractivity contribution in [3.05, 3.63) is 117 Å². The van der Waals surface area contributed by atoms with Gasteiger partial charge in [-0.15, -0.1) is 0 Å². The summed E-state index contributed by atoms with van der Waals surface area (Å²) in [7, 11) is -3.50. The van der Waals surface area contributed by atoms with Crippen LogP contribution in [0.1, 0.15) is 207 Å². The molecule has 0 spiro atoms. The van der Waals surface area contributed by atoms with Gasteiger partial charge in [0.05, 0.1) is 66.3 Å². The zero-order valence-electron chi connectivity index (χ0n) is 53.1. The van der Waals surface area contributed by atoms with Crippen LogP contribution in [-0.2, 0) is 72.0 Å². The predicted molar refractivity (Wildman–Crippen MR) is 326 cm³/mol. The number of ether oxygens (including phenoxy) is 6. The van der Waals surface area contributed by atoms with E-state index in [4.69, 9.17) is 38.4 Å². The minimum atomic E-state index is -3.50. The molecule has 4 aliphatic heterocycles. The number of carbonyl (C=O) groups excluding carboxylic acids is 2. The zero-order valence-corrected chi connectivity index (χ0v) is 54.0. The molecule has 14 nitrogen and oxygen atoms in total. The van der Waals surface area contributed by atoms with Crippen molar-refractivity contribution in [2.24, 2.45) is 0 Å². The molecule has 8 rings (SSSR count). The van der Waals surface area contributed by atoms with E-state index in [0.29, 0.717) is 25.9 Å². The molecular formula is C67H92F2N4O10S. The number of benzene rings is 2. The van der Waals surface area contributed by atoms with Gasteiger partial charge in [0.1, 0.15) is 22.8 Å². The number of rotatable bonds is 13. The van der Waals surface area contributed by atoms with E-state index in [1.807, 2.05) is 107 Å². The SMILES string of the molecule is CC(C)c1nc2c(c(-c3ccc(F)cc3)c1/C=C/[C@@H]1C[C@H](CC(=O)OC(C)(C)C)OC(C)(C)O1)CN(S(C)(=O)=O)CC2(C)C.CC(C)c1nc2c(c(-c3ccc(F)cc3)c1/C=C/[C@@H]1C[C@H](CC(=O)OC(C)(C)C)OC(C)(C)O1)CNCC2(C)C. The number of nitrogens with zero attached hydrogens (tertiary/aromatic N) is 3. The van der Waals surface area contributed by atoms with Gasteiger partial charge in [0, 0.05) is 61.0 Å². The number of esters is 2. The van der Waals surface area contributed by atoms with Crippen molar-refractivity contribution in [1.29, 1.82) is 0 Å². The molecule has 460 valence electrons. The largest absolute Gasteiger partial charge is 0.460 e. The van der Waals surface area contributed by atoms with Crippen LogP contribution in [0.15, 0.2) is 60.7 Å². The Balaban J connectivity index is 0.000000242. The van der Waals surface area contributed by atoms with E-state index in [-0.39, 0.29) is 78.5 Å². The third-order valence-electron chi connectivity index (χ3n) is 15.0. The van der Waals surface area contributed by atoms with E-state index in [0.717, 1.165) is 73.8 Å². The summed E-state index contributed by atoms with van der Waals surface area (Å²) in [4.78, 5) is 35.6. The summed E-state index contributed by atoms with van der Waals surface area (Å²) in [6, 6.07) is 13.0. The number of halogens is 2. The molecule has 2 fully saturated rings. The van der Waals surface area contributed by atoms with Crippen molar-refractivity contribution in [3.8, 4) is 22.3 Å². The molecule has 2 saturated heterocycles. The summed E-state index contributed by atoms with van der Waals surface area (Å²) in [6.45, 7) is 37.3. The average Bonchev–Trinajstić information content (AvgIpc) is 3.34. The van der Waals surface area contributed by atoms with Gasteiger partial charge in [0.15, 0.2) is 11.6 Å². The van der Waals surface area contributed by atoms with Crippen molar-refractivity contribution in [1.82, 2.24) is 19.6 Å². The Labute approximate surface area is 498 Å². The maximum Gasteiger partial charge on any atom is 0.308 e. The van der Waals surface area contributed by atoms with Crippen LogP contribution in [0.3, 0.4) is 0 Å².